The first-order valence-electron chi connectivity index (χ1n) is 20.8. The van der Waals surface area contributed by atoms with Gasteiger partial charge < -0.3 is 4.42 Å². The molecule has 0 saturated heterocycles. The SMILES string of the molecule is c1ccc(C2(c3ccccc3)c3ccccc3-c3c2cc2cc(-c4c5ccccc5cc5c4ccc4ccccc45)ccc2c3-c2ccc3c(c2)oc2ccccc23)cc1. The van der Waals surface area contributed by atoms with Gasteiger partial charge in [0.05, 0.1) is 5.41 Å². The van der Waals surface area contributed by atoms with Crippen molar-refractivity contribution in [2.75, 3.05) is 0 Å². The minimum atomic E-state index is -0.554. The van der Waals surface area contributed by atoms with Crippen molar-refractivity contribution in [1.82, 2.24) is 0 Å². The van der Waals surface area contributed by atoms with E-state index in [4.69, 9.17) is 4.42 Å². The van der Waals surface area contributed by atoms with Crippen LogP contribution in [0.4, 0.5) is 0 Å². The maximum absolute atomic E-state index is 6.58. The molecular formula is C59H36O. The van der Waals surface area contributed by atoms with Crippen molar-refractivity contribution < 1.29 is 4.42 Å². The van der Waals surface area contributed by atoms with Crippen LogP contribution in [0.3, 0.4) is 0 Å². The van der Waals surface area contributed by atoms with Crippen LogP contribution in [0.1, 0.15) is 22.3 Å². The first-order valence-corrected chi connectivity index (χ1v) is 20.8. The largest absolute Gasteiger partial charge is 0.456 e. The Morgan fingerprint density at radius 1 is 0.283 bits per heavy atom. The van der Waals surface area contributed by atoms with Crippen molar-refractivity contribution in [3.8, 4) is 33.4 Å². The highest BCUT2D eigenvalue weighted by atomic mass is 16.3. The van der Waals surface area contributed by atoms with Gasteiger partial charge in [0.15, 0.2) is 0 Å². The Morgan fingerprint density at radius 3 is 1.67 bits per heavy atom. The standard InChI is InChI=1S/C59H36O/c1-3-17-42(18-4-1)59(43-19-5-2-6-20-43)52-25-13-11-24-50(52)58-53(59)35-41-33-39(28-30-46(41)57(58)40-29-31-48-47-23-12-14-26-54(47)60-55(48)36-40)56-45-22-10-8-16-38(45)34-51-44-21-9-7-15-37(44)27-32-49(51)56/h1-36H. The fraction of sp³-hybridized carbons (Fsp3) is 0.0169. The molecule has 0 fully saturated rings. The summed E-state index contributed by atoms with van der Waals surface area (Å²) >= 11 is 0. The molecule has 0 N–H and O–H groups in total. The Kier molecular flexibility index (Phi) is 7.00. The van der Waals surface area contributed by atoms with Gasteiger partial charge >= 0.3 is 0 Å². The van der Waals surface area contributed by atoms with Gasteiger partial charge in [-0.05, 0) is 135 Å². The lowest BCUT2D eigenvalue weighted by atomic mass is 9.67. The lowest BCUT2D eigenvalue weighted by molar-refractivity contribution is 0.669. The quantitative estimate of drug-likeness (QED) is 0.129. The van der Waals surface area contributed by atoms with Gasteiger partial charge in [-0.15, -0.1) is 0 Å². The van der Waals surface area contributed by atoms with Crippen LogP contribution in [0, 0.1) is 0 Å². The Bertz CT molecular complexity index is 3660. The van der Waals surface area contributed by atoms with E-state index in [1.807, 2.05) is 6.07 Å². The molecule has 0 saturated carbocycles. The molecule has 1 aliphatic rings. The van der Waals surface area contributed by atoms with Crippen LogP contribution in [-0.2, 0) is 5.41 Å². The molecule has 13 rings (SSSR count). The molecule has 0 atom stereocenters. The number of hydrogen-bond donors (Lipinski definition) is 0. The van der Waals surface area contributed by atoms with E-state index in [1.165, 1.54) is 93.2 Å². The van der Waals surface area contributed by atoms with Gasteiger partial charge in [0.1, 0.15) is 11.2 Å². The Morgan fingerprint density at radius 2 is 0.867 bits per heavy atom. The van der Waals surface area contributed by atoms with E-state index in [0.29, 0.717) is 0 Å². The summed E-state index contributed by atoms with van der Waals surface area (Å²) in [5, 5.41) is 12.3. The number of furan rings is 1. The van der Waals surface area contributed by atoms with Crippen LogP contribution in [0.2, 0.25) is 0 Å². The fourth-order valence-corrected chi connectivity index (χ4v) is 10.8. The lowest BCUT2D eigenvalue weighted by Crippen LogP contribution is -2.28. The molecule has 12 aromatic rings. The van der Waals surface area contributed by atoms with Gasteiger partial charge in [0.25, 0.3) is 0 Å². The molecule has 0 amide bonds. The summed E-state index contributed by atoms with van der Waals surface area (Å²) in [5.41, 5.74) is 13.7. The predicted octanol–water partition coefficient (Wildman–Crippen LogP) is 15.9. The summed E-state index contributed by atoms with van der Waals surface area (Å²) in [6, 6.07) is 80.8. The van der Waals surface area contributed by atoms with Gasteiger partial charge in [0, 0.05) is 10.8 Å². The summed E-state index contributed by atoms with van der Waals surface area (Å²) in [6.45, 7) is 0. The van der Waals surface area contributed by atoms with Crippen LogP contribution in [0.5, 0.6) is 0 Å². The molecule has 1 heterocycles. The summed E-state index contributed by atoms with van der Waals surface area (Å²) in [5.74, 6) is 0. The third-order valence-electron chi connectivity index (χ3n) is 13.3. The zero-order valence-corrected chi connectivity index (χ0v) is 32.7. The van der Waals surface area contributed by atoms with Crippen LogP contribution in [-0.4, -0.2) is 0 Å². The molecule has 1 nitrogen and oxygen atoms in total. The monoisotopic (exact) mass is 760 g/mol. The van der Waals surface area contributed by atoms with Gasteiger partial charge in [-0.1, -0.05) is 182 Å². The van der Waals surface area contributed by atoms with Crippen LogP contribution in [0.15, 0.2) is 223 Å². The van der Waals surface area contributed by atoms with Crippen molar-refractivity contribution >= 4 is 65.0 Å². The van der Waals surface area contributed by atoms with Crippen molar-refractivity contribution in [3.63, 3.8) is 0 Å². The van der Waals surface area contributed by atoms with Crippen LogP contribution >= 0.6 is 0 Å². The Labute approximate surface area is 347 Å². The van der Waals surface area contributed by atoms with Gasteiger partial charge in [-0.3, -0.25) is 0 Å². The fourth-order valence-electron chi connectivity index (χ4n) is 10.8. The second kappa shape index (κ2) is 12.6. The Balaban J connectivity index is 1.18. The molecule has 1 aliphatic carbocycles. The summed E-state index contributed by atoms with van der Waals surface area (Å²) in [4.78, 5) is 0. The number of rotatable bonds is 4. The van der Waals surface area contributed by atoms with Gasteiger partial charge in [-0.25, -0.2) is 0 Å². The topological polar surface area (TPSA) is 13.1 Å². The summed E-state index contributed by atoms with van der Waals surface area (Å²) < 4.78 is 6.58. The van der Waals surface area contributed by atoms with Crippen LogP contribution in [0.25, 0.3) is 98.4 Å². The first-order chi connectivity index (χ1) is 29.8. The second-order valence-corrected chi connectivity index (χ2v) is 16.3. The predicted molar refractivity (Wildman–Crippen MR) is 252 cm³/mol. The van der Waals surface area contributed by atoms with E-state index in [-0.39, 0.29) is 0 Å². The number of benzene rings is 11. The molecule has 1 heteroatoms. The highest BCUT2D eigenvalue weighted by Crippen LogP contribution is 2.60. The van der Waals surface area contributed by atoms with Crippen LogP contribution < -0.4 is 0 Å². The van der Waals surface area contributed by atoms with Crippen molar-refractivity contribution in [1.29, 1.82) is 0 Å². The van der Waals surface area contributed by atoms with E-state index in [2.05, 4.69) is 212 Å². The molecule has 11 aromatic carbocycles. The minimum absolute atomic E-state index is 0.554. The zero-order chi connectivity index (χ0) is 39.4. The molecule has 0 unspecified atom stereocenters. The molecule has 0 spiro atoms. The van der Waals surface area contributed by atoms with Crippen molar-refractivity contribution in [3.05, 3.63) is 241 Å². The van der Waals surface area contributed by atoms with E-state index in [1.54, 1.807) is 0 Å². The molecule has 0 aliphatic heterocycles. The number of fused-ring (bicyclic) bond motifs is 11. The highest BCUT2D eigenvalue weighted by Gasteiger charge is 2.47. The van der Waals surface area contributed by atoms with E-state index >= 15 is 0 Å². The molecule has 0 bridgehead atoms. The average Bonchev–Trinajstić information content (AvgIpc) is 3.83. The maximum Gasteiger partial charge on any atom is 0.136 e. The van der Waals surface area contributed by atoms with E-state index in [9.17, 15) is 0 Å². The number of para-hydroxylation sites is 1. The lowest BCUT2D eigenvalue weighted by Gasteiger charge is -2.34. The summed E-state index contributed by atoms with van der Waals surface area (Å²) in [6.07, 6.45) is 0. The smallest absolute Gasteiger partial charge is 0.136 e. The zero-order valence-electron chi connectivity index (χ0n) is 32.7. The molecule has 278 valence electrons. The third-order valence-corrected chi connectivity index (χ3v) is 13.3. The average molecular weight is 761 g/mol. The maximum atomic E-state index is 6.58. The molecular weight excluding hydrogens is 725 g/mol. The van der Waals surface area contributed by atoms with E-state index in [0.717, 1.165) is 27.5 Å². The van der Waals surface area contributed by atoms with Crippen molar-refractivity contribution in [2.24, 2.45) is 0 Å². The number of hydrogen-bond acceptors (Lipinski definition) is 1. The van der Waals surface area contributed by atoms with Gasteiger partial charge in [0.2, 0.25) is 0 Å². The summed E-state index contributed by atoms with van der Waals surface area (Å²) in [7, 11) is 0. The molecule has 0 radical (unpaired) electrons. The minimum Gasteiger partial charge on any atom is -0.456 e. The Hall–Kier alpha value is -7.74. The molecule has 60 heavy (non-hydrogen) atoms. The molecule has 1 aromatic heterocycles. The van der Waals surface area contributed by atoms with Gasteiger partial charge in [-0.2, -0.15) is 0 Å². The first kappa shape index (κ1) is 33.3. The second-order valence-electron chi connectivity index (χ2n) is 16.3. The van der Waals surface area contributed by atoms with Crippen molar-refractivity contribution in [2.45, 2.75) is 5.41 Å². The van der Waals surface area contributed by atoms with E-state index < -0.39 is 5.41 Å². The third kappa shape index (κ3) is 4.58. The normalized spacial score (nSPS) is 13.1. The highest BCUT2D eigenvalue weighted by molar-refractivity contribution is 6.21.